The quantitative estimate of drug-likeness (QED) is 0.538. The number of hydrogen-bond acceptors (Lipinski definition) is 4. The number of para-hydroxylation sites is 1. The van der Waals surface area contributed by atoms with E-state index in [-0.39, 0.29) is 0 Å². The van der Waals surface area contributed by atoms with Crippen LogP contribution in [0.5, 0.6) is 5.75 Å². The second-order valence-electron chi connectivity index (χ2n) is 6.20. The molecule has 0 aliphatic rings. The summed E-state index contributed by atoms with van der Waals surface area (Å²) in [6.45, 7) is 0.760. The molecule has 132 valence electrons. The summed E-state index contributed by atoms with van der Waals surface area (Å²) in [5, 5.41) is 9.04. The van der Waals surface area contributed by atoms with Crippen molar-refractivity contribution in [2.75, 3.05) is 7.11 Å². The average molecular weight is 354 g/mol. The summed E-state index contributed by atoms with van der Waals surface area (Å²) in [6.07, 6.45) is 4.38. The van der Waals surface area contributed by atoms with Gasteiger partial charge in [0, 0.05) is 18.3 Å². The van der Waals surface area contributed by atoms with Gasteiger partial charge >= 0.3 is 0 Å². The van der Waals surface area contributed by atoms with Crippen LogP contribution >= 0.6 is 0 Å². The van der Waals surface area contributed by atoms with Gasteiger partial charge < -0.3 is 9.30 Å². The molecule has 0 spiro atoms. The van der Waals surface area contributed by atoms with Crippen molar-refractivity contribution in [2.45, 2.75) is 13.0 Å². The average Bonchev–Trinajstić information content (AvgIpc) is 3.11. The number of nitriles is 1. The third-order valence-electron chi connectivity index (χ3n) is 4.62. The van der Waals surface area contributed by atoms with Crippen molar-refractivity contribution in [3.63, 3.8) is 0 Å². The largest absolute Gasteiger partial charge is 0.496 e. The second kappa shape index (κ2) is 7.30. The van der Waals surface area contributed by atoms with Crippen molar-refractivity contribution in [3.05, 3.63) is 78.1 Å². The molecule has 5 heteroatoms. The zero-order chi connectivity index (χ0) is 18.6. The summed E-state index contributed by atoms with van der Waals surface area (Å²) in [5.41, 5.74) is 4.67. The number of aromatic nitrogens is 3. The second-order valence-corrected chi connectivity index (χ2v) is 6.20. The molecule has 0 saturated heterocycles. The van der Waals surface area contributed by atoms with Gasteiger partial charge in [-0.15, -0.1) is 0 Å². The first-order valence-electron chi connectivity index (χ1n) is 8.73. The number of rotatable bonds is 5. The molecule has 0 fully saturated rings. The van der Waals surface area contributed by atoms with Crippen LogP contribution < -0.4 is 4.74 Å². The van der Waals surface area contributed by atoms with Crippen LogP contribution in [0.4, 0.5) is 0 Å². The smallest absolute Gasteiger partial charge is 0.141 e. The Morgan fingerprint density at radius 1 is 1.07 bits per heavy atom. The Balaban J connectivity index is 1.75. The van der Waals surface area contributed by atoms with Crippen LogP contribution in [0.1, 0.15) is 11.1 Å². The molecule has 27 heavy (non-hydrogen) atoms. The molecule has 0 bridgehead atoms. The van der Waals surface area contributed by atoms with Crippen molar-refractivity contribution in [1.29, 1.82) is 5.26 Å². The van der Waals surface area contributed by atoms with Gasteiger partial charge in [-0.25, -0.2) is 4.98 Å². The highest BCUT2D eigenvalue weighted by atomic mass is 16.5. The zero-order valence-corrected chi connectivity index (χ0v) is 15.0. The molecule has 4 aromatic rings. The Morgan fingerprint density at radius 3 is 2.67 bits per heavy atom. The van der Waals surface area contributed by atoms with Gasteiger partial charge in [-0.2, -0.15) is 5.26 Å². The van der Waals surface area contributed by atoms with E-state index in [1.807, 2.05) is 48.5 Å². The zero-order valence-electron chi connectivity index (χ0n) is 15.0. The molecule has 0 unspecified atom stereocenters. The van der Waals surface area contributed by atoms with Crippen LogP contribution in [-0.4, -0.2) is 21.6 Å². The van der Waals surface area contributed by atoms with E-state index in [2.05, 4.69) is 21.7 Å². The van der Waals surface area contributed by atoms with E-state index in [0.717, 1.165) is 46.7 Å². The molecule has 0 atom stereocenters. The van der Waals surface area contributed by atoms with E-state index in [9.17, 15) is 0 Å². The minimum atomic E-state index is 0.636. The molecule has 0 saturated carbocycles. The Bertz CT molecular complexity index is 1120. The fourth-order valence-electron chi connectivity index (χ4n) is 3.26. The number of nitrogens with zero attached hydrogens (tertiary/aromatic N) is 4. The molecular weight excluding hydrogens is 336 g/mol. The molecule has 2 heterocycles. The molecule has 2 aromatic heterocycles. The first-order valence-corrected chi connectivity index (χ1v) is 8.73. The van der Waals surface area contributed by atoms with Gasteiger partial charge in [0.2, 0.25) is 0 Å². The predicted octanol–water partition coefficient (Wildman–Crippen LogP) is 4.22. The van der Waals surface area contributed by atoms with Gasteiger partial charge in [-0.1, -0.05) is 18.2 Å². The van der Waals surface area contributed by atoms with Gasteiger partial charge in [-0.05, 0) is 48.4 Å². The molecule has 0 amide bonds. The molecular formula is C22H18N4O. The topological polar surface area (TPSA) is 63.7 Å². The number of methoxy groups -OCH3 is 1. The number of fused-ring (bicyclic) bond motifs is 1. The number of hydrogen-bond donors (Lipinski definition) is 0. The van der Waals surface area contributed by atoms with Crippen LogP contribution in [0.3, 0.4) is 0 Å². The van der Waals surface area contributed by atoms with E-state index >= 15 is 0 Å². The lowest BCUT2D eigenvalue weighted by Crippen LogP contribution is -2.04. The summed E-state index contributed by atoms with van der Waals surface area (Å²) < 4.78 is 7.68. The molecule has 0 aliphatic heterocycles. The normalized spacial score (nSPS) is 10.7. The first kappa shape index (κ1) is 16.8. The molecule has 5 nitrogen and oxygen atoms in total. The third kappa shape index (κ3) is 3.25. The van der Waals surface area contributed by atoms with Crippen LogP contribution in [0, 0.1) is 11.3 Å². The maximum absolute atomic E-state index is 9.04. The fourth-order valence-corrected chi connectivity index (χ4v) is 3.26. The van der Waals surface area contributed by atoms with Crippen LogP contribution in [0.2, 0.25) is 0 Å². The Kier molecular flexibility index (Phi) is 4.54. The summed E-state index contributed by atoms with van der Waals surface area (Å²) >= 11 is 0. The lowest BCUT2D eigenvalue weighted by molar-refractivity contribution is 0.408. The lowest BCUT2D eigenvalue weighted by atomic mass is 10.1. The number of pyridine rings is 1. The highest BCUT2D eigenvalue weighted by Gasteiger charge is 2.13. The number of ether oxygens (including phenoxy) is 1. The van der Waals surface area contributed by atoms with Gasteiger partial charge in [0.1, 0.15) is 17.1 Å². The highest BCUT2D eigenvalue weighted by molar-refractivity contribution is 5.79. The molecule has 0 N–H and O–H groups in total. The number of aryl methyl sites for hydroxylation is 2. The summed E-state index contributed by atoms with van der Waals surface area (Å²) in [5.74, 6) is 1.76. The third-order valence-corrected chi connectivity index (χ3v) is 4.62. The highest BCUT2D eigenvalue weighted by Crippen LogP contribution is 2.26. The SMILES string of the molecule is COc1ccccc1CCn1c(-c2ccc(C#N)cc2)nc2cnccc21. The first-order chi connectivity index (χ1) is 13.3. The van der Waals surface area contributed by atoms with Crippen molar-refractivity contribution < 1.29 is 4.74 Å². The van der Waals surface area contributed by atoms with E-state index in [1.165, 1.54) is 0 Å². The molecule has 0 radical (unpaired) electrons. The Morgan fingerprint density at radius 2 is 1.89 bits per heavy atom. The summed E-state index contributed by atoms with van der Waals surface area (Å²) in [6, 6.07) is 19.7. The Hall–Kier alpha value is -3.65. The van der Waals surface area contributed by atoms with Crippen molar-refractivity contribution in [2.24, 2.45) is 0 Å². The maximum atomic E-state index is 9.04. The minimum Gasteiger partial charge on any atom is -0.496 e. The van der Waals surface area contributed by atoms with Crippen LogP contribution in [-0.2, 0) is 13.0 Å². The fraction of sp³-hybridized carbons (Fsp3) is 0.136. The van der Waals surface area contributed by atoms with Gasteiger partial charge in [0.25, 0.3) is 0 Å². The summed E-state index contributed by atoms with van der Waals surface area (Å²) in [4.78, 5) is 8.97. The van der Waals surface area contributed by atoms with E-state index < -0.39 is 0 Å². The molecule has 4 rings (SSSR count). The number of imidazole rings is 1. The van der Waals surface area contributed by atoms with Crippen LogP contribution in [0.15, 0.2) is 67.0 Å². The summed E-state index contributed by atoms with van der Waals surface area (Å²) in [7, 11) is 1.69. The van der Waals surface area contributed by atoms with E-state index in [0.29, 0.717) is 5.56 Å². The molecule has 0 aliphatic carbocycles. The number of benzene rings is 2. The van der Waals surface area contributed by atoms with E-state index in [4.69, 9.17) is 15.0 Å². The monoisotopic (exact) mass is 354 g/mol. The van der Waals surface area contributed by atoms with Crippen molar-refractivity contribution in [3.8, 4) is 23.2 Å². The van der Waals surface area contributed by atoms with Gasteiger partial charge in [0.05, 0.1) is 30.5 Å². The van der Waals surface area contributed by atoms with Crippen molar-refractivity contribution >= 4 is 11.0 Å². The lowest BCUT2D eigenvalue weighted by Gasteiger charge is -2.12. The van der Waals surface area contributed by atoms with Crippen LogP contribution in [0.25, 0.3) is 22.4 Å². The predicted molar refractivity (Wildman–Crippen MR) is 104 cm³/mol. The maximum Gasteiger partial charge on any atom is 0.141 e. The molecule has 2 aromatic carbocycles. The van der Waals surface area contributed by atoms with Gasteiger partial charge in [-0.3, -0.25) is 4.98 Å². The van der Waals surface area contributed by atoms with Gasteiger partial charge in [0.15, 0.2) is 0 Å². The van der Waals surface area contributed by atoms with E-state index in [1.54, 1.807) is 19.5 Å². The minimum absolute atomic E-state index is 0.636. The Labute approximate surface area is 157 Å². The standard InChI is InChI=1S/C22H18N4O/c1-27-21-5-3-2-4-17(21)11-13-26-20-10-12-24-15-19(20)25-22(26)18-8-6-16(14-23)7-9-18/h2-10,12,15H,11,13H2,1H3. The van der Waals surface area contributed by atoms with Crippen molar-refractivity contribution in [1.82, 2.24) is 14.5 Å².